The van der Waals surface area contributed by atoms with Gasteiger partial charge in [-0.05, 0) is 48.6 Å². The zero-order chi connectivity index (χ0) is 35.1. The van der Waals surface area contributed by atoms with Crippen LogP contribution in [0.4, 0.5) is 0 Å². The first-order chi connectivity index (χ1) is 22.0. The molecule has 0 bridgehead atoms. The summed E-state index contributed by atoms with van der Waals surface area (Å²) >= 11 is 6.29. The topological polar surface area (TPSA) is 85.0 Å². The van der Waals surface area contributed by atoms with Crippen molar-refractivity contribution in [2.45, 2.75) is 85.5 Å². The summed E-state index contributed by atoms with van der Waals surface area (Å²) in [4.78, 5) is 47.6. The molecule has 3 amide bonds. The Morgan fingerprint density at radius 2 is 1.55 bits per heavy atom. The van der Waals surface area contributed by atoms with E-state index in [9.17, 15) is 14.4 Å². The first-order valence-corrected chi connectivity index (χ1v) is 17.1. The molecule has 1 saturated heterocycles. The van der Waals surface area contributed by atoms with Gasteiger partial charge in [0.25, 0.3) is 0 Å². The summed E-state index contributed by atoms with van der Waals surface area (Å²) in [5.74, 6) is -0.436. The van der Waals surface area contributed by atoms with Crippen LogP contribution in [-0.2, 0) is 26.3 Å². The van der Waals surface area contributed by atoms with Crippen molar-refractivity contribution in [2.75, 3.05) is 40.3 Å². The van der Waals surface area contributed by atoms with Crippen LogP contribution in [0.15, 0.2) is 66.2 Å². The lowest BCUT2D eigenvalue weighted by molar-refractivity contribution is -0.141. The molecule has 0 aromatic heterocycles. The number of hydrogen-bond donors (Lipinski definition) is 2. The first-order valence-electron chi connectivity index (χ1n) is 16.7. The predicted octanol–water partition coefficient (Wildman–Crippen LogP) is 5.51. The zero-order valence-electron chi connectivity index (χ0n) is 30.1. The highest BCUT2D eigenvalue weighted by Gasteiger charge is 2.41. The van der Waals surface area contributed by atoms with Crippen LogP contribution >= 0.6 is 11.6 Å². The monoisotopic (exact) mass is 665 g/mol. The Balaban J connectivity index is 1.74. The second-order valence-electron chi connectivity index (χ2n) is 14.8. The summed E-state index contributed by atoms with van der Waals surface area (Å²) in [6.07, 6.45) is 1.92. The Labute approximate surface area is 287 Å². The van der Waals surface area contributed by atoms with E-state index in [0.29, 0.717) is 23.7 Å². The maximum atomic E-state index is 14.2. The second-order valence-corrected chi connectivity index (χ2v) is 15.3. The van der Waals surface area contributed by atoms with Crippen LogP contribution < -0.4 is 10.6 Å². The number of rotatable bonds is 12. The van der Waals surface area contributed by atoms with Gasteiger partial charge in [0.2, 0.25) is 17.7 Å². The highest BCUT2D eigenvalue weighted by molar-refractivity contribution is 6.30. The van der Waals surface area contributed by atoms with Gasteiger partial charge in [0, 0.05) is 55.8 Å². The number of nitrogens with zero attached hydrogens (tertiary/aromatic N) is 3. The number of piperazine rings is 1. The van der Waals surface area contributed by atoms with Gasteiger partial charge in [-0.1, -0.05) is 109 Å². The fourth-order valence-electron chi connectivity index (χ4n) is 6.38. The minimum atomic E-state index is -0.797. The largest absolute Gasteiger partial charge is 0.342 e. The first kappa shape index (κ1) is 38.2. The van der Waals surface area contributed by atoms with Crippen LogP contribution in [0.1, 0.15) is 66.5 Å². The molecule has 1 aliphatic rings. The molecule has 0 spiro atoms. The summed E-state index contributed by atoms with van der Waals surface area (Å²) in [6.45, 7) is 19.6. The molecule has 9 heteroatoms. The minimum Gasteiger partial charge on any atom is -0.342 e. The average Bonchev–Trinajstić information content (AvgIpc) is 3.01. The Bertz CT molecular complexity index is 1390. The lowest BCUT2D eigenvalue weighted by atomic mass is 9.76. The van der Waals surface area contributed by atoms with Crippen LogP contribution in [0.5, 0.6) is 0 Å². The number of carbonyl (C=O) groups is 3. The predicted molar refractivity (Wildman–Crippen MR) is 192 cm³/mol. The third-order valence-electron chi connectivity index (χ3n) is 9.39. The van der Waals surface area contributed by atoms with Crippen molar-refractivity contribution in [2.24, 2.45) is 11.3 Å². The number of carbonyl (C=O) groups excluding carboxylic acids is 3. The molecule has 0 unspecified atom stereocenters. The molecular formula is C38H56ClN5O3. The number of hydrogen-bond acceptors (Lipinski definition) is 5. The molecule has 0 aliphatic carbocycles. The Morgan fingerprint density at radius 1 is 0.936 bits per heavy atom. The van der Waals surface area contributed by atoms with Gasteiger partial charge in [-0.15, -0.1) is 0 Å². The van der Waals surface area contributed by atoms with E-state index in [1.165, 1.54) is 5.56 Å². The van der Waals surface area contributed by atoms with E-state index in [2.05, 4.69) is 39.8 Å². The third kappa shape index (κ3) is 9.91. The standard InChI is InChI=1S/C38H56ClN5O3/c1-26(2)31(23-27(3)35(46)44-21-19-43(20-22-44)25-28-15-12-11-13-16-28)42(10)36(47)33(37(4,5)6)41-34(45)32(40-9)38(7,8)29-17-14-18-30(39)24-29/h11-18,23-24,26,31-33,40H,19-22,25H2,1-10H3,(H,41,45)/b27-23+/t31-,32-,33-/m1/s1. The van der Waals surface area contributed by atoms with Gasteiger partial charge in [0.1, 0.15) is 6.04 Å². The second kappa shape index (κ2) is 16.3. The molecule has 3 rings (SSSR count). The van der Waals surface area contributed by atoms with Gasteiger partial charge < -0.3 is 20.4 Å². The van der Waals surface area contributed by atoms with Crippen molar-refractivity contribution >= 4 is 29.3 Å². The van der Waals surface area contributed by atoms with Crippen LogP contribution in [0.2, 0.25) is 5.02 Å². The van der Waals surface area contributed by atoms with Crippen molar-refractivity contribution in [1.29, 1.82) is 0 Å². The molecule has 0 radical (unpaired) electrons. The summed E-state index contributed by atoms with van der Waals surface area (Å²) in [6, 6.07) is 16.1. The normalized spacial score (nSPS) is 16.9. The van der Waals surface area contributed by atoms with Crippen molar-refractivity contribution in [1.82, 2.24) is 25.3 Å². The number of amides is 3. The molecule has 2 aromatic rings. The molecular weight excluding hydrogens is 610 g/mol. The van der Waals surface area contributed by atoms with E-state index in [0.717, 1.165) is 25.2 Å². The summed E-state index contributed by atoms with van der Waals surface area (Å²) in [5, 5.41) is 6.87. The highest BCUT2D eigenvalue weighted by Crippen LogP contribution is 2.30. The zero-order valence-corrected chi connectivity index (χ0v) is 30.8. The molecule has 47 heavy (non-hydrogen) atoms. The van der Waals surface area contributed by atoms with Gasteiger partial charge in [-0.25, -0.2) is 0 Å². The van der Waals surface area contributed by atoms with Gasteiger partial charge in [-0.2, -0.15) is 0 Å². The van der Waals surface area contributed by atoms with E-state index < -0.39 is 22.9 Å². The molecule has 1 aliphatic heterocycles. The number of likely N-dealkylation sites (N-methyl/N-ethyl adjacent to an activating group) is 2. The average molecular weight is 666 g/mol. The number of nitrogens with one attached hydrogen (secondary N) is 2. The van der Waals surface area contributed by atoms with Crippen molar-refractivity contribution < 1.29 is 14.4 Å². The minimum absolute atomic E-state index is 0.00311. The van der Waals surface area contributed by atoms with Crippen LogP contribution in [0.25, 0.3) is 0 Å². The molecule has 2 N–H and O–H groups in total. The fourth-order valence-corrected chi connectivity index (χ4v) is 6.57. The van der Waals surface area contributed by atoms with E-state index in [1.54, 1.807) is 19.0 Å². The Hall–Kier alpha value is -3.20. The number of halogens is 1. The third-order valence-corrected chi connectivity index (χ3v) is 9.62. The van der Waals surface area contributed by atoms with E-state index in [-0.39, 0.29) is 29.7 Å². The van der Waals surface area contributed by atoms with Gasteiger partial charge >= 0.3 is 0 Å². The Kier molecular flexibility index (Phi) is 13.2. The quantitative estimate of drug-likeness (QED) is 0.292. The number of benzene rings is 2. The molecule has 1 heterocycles. The molecule has 0 saturated carbocycles. The van der Waals surface area contributed by atoms with Crippen molar-refractivity contribution in [3.63, 3.8) is 0 Å². The van der Waals surface area contributed by atoms with Crippen molar-refractivity contribution in [3.8, 4) is 0 Å². The van der Waals surface area contributed by atoms with E-state index >= 15 is 0 Å². The molecule has 8 nitrogen and oxygen atoms in total. The highest BCUT2D eigenvalue weighted by atomic mass is 35.5. The summed E-state index contributed by atoms with van der Waals surface area (Å²) in [7, 11) is 3.51. The van der Waals surface area contributed by atoms with Crippen LogP contribution in [0, 0.1) is 11.3 Å². The SMILES string of the molecule is CN[C@H](C(=O)N[C@H](C(=O)N(C)[C@H](/C=C(\C)C(=O)N1CCN(Cc2ccccc2)CC1)C(C)C)C(C)(C)C)C(C)(C)c1cccc(Cl)c1. The van der Waals surface area contributed by atoms with E-state index in [1.807, 2.05) is 96.7 Å². The van der Waals surface area contributed by atoms with Gasteiger partial charge in [-0.3, -0.25) is 19.3 Å². The molecule has 3 atom stereocenters. The lowest BCUT2D eigenvalue weighted by Crippen LogP contribution is -2.61. The van der Waals surface area contributed by atoms with Gasteiger partial charge in [0.15, 0.2) is 0 Å². The maximum absolute atomic E-state index is 14.2. The fraction of sp³-hybridized carbons (Fsp3) is 0.553. The van der Waals surface area contributed by atoms with Crippen LogP contribution in [-0.4, -0.2) is 90.8 Å². The molecule has 258 valence electrons. The summed E-state index contributed by atoms with van der Waals surface area (Å²) in [5.41, 5.74) is 1.61. The molecule has 2 aromatic carbocycles. The lowest BCUT2D eigenvalue weighted by Gasteiger charge is -2.40. The smallest absolute Gasteiger partial charge is 0.249 e. The molecule has 1 fully saturated rings. The van der Waals surface area contributed by atoms with Crippen LogP contribution in [0.3, 0.4) is 0 Å². The van der Waals surface area contributed by atoms with Crippen molar-refractivity contribution in [3.05, 3.63) is 82.4 Å². The van der Waals surface area contributed by atoms with Gasteiger partial charge in [0.05, 0.1) is 12.1 Å². The Morgan fingerprint density at radius 3 is 2.09 bits per heavy atom. The van der Waals surface area contributed by atoms with E-state index in [4.69, 9.17) is 11.6 Å². The maximum Gasteiger partial charge on any atom is 0.249 e. The summed E-state index contributed by atoms with van der Waals surface area (Å²) < 4.78 is 0.